The maximum absolute atomic E-state index is 13.3. The van der Waals surface area contributed by atoms with Gasteiger partial charge in [-0.1, -0.05) is 47.6 Å². The van der Waals surface area contributed by atoms with Gasteiger partial charge in [0.15, 0.2) is 10.9 Å². The fourth-order valence-corrected chi connectivity index (χ4v) is 4.39. The van der Waals surface area contributed by atoms with Gasteiger partial charge in [0, 0.05) is 10.8 Å². The van der Waals surface area contributed by atoms with Gasteiger partial charge in [-0.3, -0.25) is 14.2 Å². The number of ketones is 1. The molecule has 3 aromatic carbocycles. The van der Waals surface area contributed by atoms with Crippen molar-refractivity contribution in [2.75, 3.05) is 12.4 Å². The summed E-state index contributed by atoms with van der Waals surface area (Å²) in [6.45, 7) is 3.85. The second-order valence-electron chi connectivity index (χ2n) is 7.28. The Morgan fingerprint density at radius 2 is 1.91 bits per heavy atom. The van der Waals surface area contributed by atoms with Gasteiger partial charge in [-0.15, -0.1) is 0 Å². The average Bonchev–Trinajstić information content (AvgIpc) is 2.76. The smallest absolute Gasteiger partial charge is 0.266 e. The summed E-state index contributed by atoms with van der Waals surface area (Å²) in [4.78, 5) is 29.9. The molecule has 7 heteroatoms. The summed E-state index contributed by atoms with van der Waals surface area (Å²) in [5, 5.41) is 1.59. The Morgan fingerprint density at radius 1 is 1.09 bits per heavy atom. The molecule has 0 N–H and O–H groups in total. The summed E-state index contributed by atoms with van der Waals surface area (Å²) < 4.78 is 7.47. The number of nitrogens with zero attached hydrogens (tertiary/aromatic N) is 2. The zero-order valence-electron chi connectivity index (χ0n) is 17.7. The number of hydrogen-bond acceptors (Lipinski definition) is 5. The predicted octanol–water partition coefficient (Wildman–Crippen LogP) is 5.72. The molecule has 0 bridgehead atoms. The van der Waals surface area contributed by atoms with E-state index in [0.717, 1.165) is 11.3 Å². The van der Waals surface area contributed by atoms with E-state index in [1.165, 1.54) is 18.7 Å². The van der Waals surface area contributed by atoms with Gasteiger partial charge in [-0.25, -0.2) is 4.98 Å². The van der Waals surface area contributed by atoms with Gasteiger partial charge in [0.1, 0.15) is 5.75 Å². The molecule has 5 nitrogen and oxygen atoms in total. The van der Waals surface area contributed by atoms with Gasteiger partial charge < -0.3 is 4.74 Å². The normalized spacial score (nSPS) is 11.0. The zero-order valence-corrected chi connectivity index (χ0v) is 19.2. The molecule has 0 aliphatic heterocycles. The third kappa shape index (κ3) is 4.71. The number of Topliss-reactive ketones (excluding diaryl/α,β-unsaturated/α-hetero) is 1. The highest BCUT2D eigenvalue weighted by Crippen LogP contribution is 2.24. The Labute approximate surface area is 195 Å². The lowest BCUT2D eigenvalue weighted by Crippen LogP contribution is -2.22. The molecule has 0 saturated carbocycles. The summed E-state index contributed by atoms with van der Waals surface area (Å²) in [7, 11) is 0. The van der Waals surface area contributed by atoms with Crippen LogP contribution in [0.3, 0.4) is 0 Å². The van der Waals surface area contributed by atoms with Crippen molar-refractivity contribution in [3.8, 4) is 11.4 Å². The molecular weight excluding hydrogens is 444 g/mol. The largest absolute Gasteiger partial charge is 0.492 e. The number of hydrogen-bond donors (Lipinski definition) is 0. The van der Waals surface area contributed by atoms with Crippen molar-refractivity contribution in [3.05, 3.63) is 93.2 Å². The lowest BCUT2D eigenvalue weighted by molar-refractivity contribution is 0.101. The highest BCUT2D eigenvalue weighted by molar-refractivity contribution is 7.99. The van der Waals surface area contributed by atoms with Crippen LogP contribution in [0.5, 0.6) is 5.75 Å². The SMILES string of the molecule is CC(=O)c1ccccc1OCCSc1nc2cc(Cl)ccc2c(=O)n1-c1cccc(C)c1. The fourth-order valence-electron chi connectivity index (χ4n) is 3.40. The van der Waals surface area contributed by atoms with Crippen molar-refractivity contribution in [1.82, 2.24) is 9.55 Å². The molecule has 0 aliphatic rings. The van der Waals surface area contributed by atoms with Crippen molar-refractivity contribution in [1.29, 1.82) is 0 Å². The summed E-state index contributed by atoms with van der Waals surface area (Å²) in [5.41, 5.74) is 2.75. The van der Waals surface area contributed by atoms with Crippen LogP contribution in [0.2, 0.25) is 5.02 Å². The quantitative estimate of drug-likeness (QED) is 0.151. The minimum Gasteiger partial charge on any atom is -0.492 e. The number of halogens is 1. The van der Waals surface area contributed by atoms with Crippen LogP contribution in [0.15, 0.2) is 76.7 Å². The predicted molar refractivity (Wildman–Crippen MR) is 130 cm³/mol. The third-order valence-corrected chi connectivity index (χ3v) is 6.04. The lowest BCUT2D eigenvalue weighted by Gasteiger charge is -2.14. The van der Waals surface area contributed by atoms with Gasteiger partial charge >= 0.3 is 0 Å². The standard InChI is InChI=1S/C25H21ClN2O3S/c1-16-6-5-7-19(14-16)28-24(30)21-11-10-18(26)15-22(21)27-25(28)32-13-12-31-23-9-4-3-8-20(23)17(2)29/h3-11,14-15H,12-13H2,1-2H3. The first kappa shape index (κ1) is 22.1. The van der Waals surface area contributed by atoms with Crippen molar-refractivity contribution in [2.45, 2.75) is 19.0 Å². The average molecular weight is 465 g/mol. The number of fused-ring (bicyclic) bond motifs is 1. The van der Waals surface area contributed by atoms with Crippen LogP contribution in [0.4, 0.5) is 0 Å². The van der Waals surface area contributed by atoms with Crippen LogP contribution in [0.1, 0.15) is 22.8 Å². The van der Waals surface area contributed by atoms with E-state index in [9.17, 15) is 9.59 Å². The van der Waals surface area contributed by atoms with E-state index in [1.54, 1.807) is 34.9 Å². The number of aryl methyl sites for hydroxylation is 1. The molecular formula is C25H21ClN2O3S. The van der Waals surface area contributed by atoms with Gasteiger partial charge in [0.2, 0.25) is 0 Å². The summed E-state index contributed by atoms with van der Waals surface area (Å²) in [5.74, 6) is 1.04. The van der Waals surface area contributed by atoms with E-state index < -0.39 is 0 Å². The number of carbonyl (C=O) groups excluding carboxylic acids is 1. The molecule has 0 unspecified atom stereocenters. The highest BCUT2D eigenvalue weighted by atomic mass is 35.5. The van der Waals surface area contributed by atoms with E-state index in [4.69, 9.17) is 21.3 Å². The monoisotopic (exact) mass is 464 g/mol. The molecule has 0 saturated heterocycles. The summed E-state index contributed by atoms with van der Waals surface area (Å²) in [6, 6.07) is 20.0. The molecule has 32 heavy (non-hydrogen) atoms. The van der Waals surface area contributed by atoms with Crippen LogP contribution < -0.4 is 10.3 Å². The fraction of sp³-hybridized carbons (Fsp3) is 0.160. The second kappa shape index (κ2) is 9.59. The first-order valence-electron chi connectivity index (χ1n) is 10.1. The van der Waals surface area contributed by atoms with E-state index in [1.807, 2.05) is 43.3 Å². The Kier molecular flexibility index (Phi) is 6.63. The zero-order chi connectivity index (χ0) is 22.7. The Balaban J connectivity index is 1.65. The maximum atomic E-state index is 13.3. The van der Waals surface area contributed by atoms with Crippen LogP contribution in [-0.4, -0.2) is 27.7 Å². The molecule has 1 aromatic heterocycles. The molecule has 0 aliphatic carbocycles. The number of carbonyl (C=O) groups is 1. The highest BCUT2D eigenvalue weighted by Gasteiger charge is 2.14. The van der Waals surface area contributed by atoms with Crippen LogP contribution >= 0.6 is 23.4 Å². The Bertz CT molecular complexity index is 1370. The number of aromatic nitrogens is 2. The molecule has 0 fully saturated rings. The molecule has 0 radical (unpaired) electrons. The Morgan fingerprint density at radius 3 is 2.69 bits per heavy atom. The van der Waals surface area contributed by atoms with Crippen LogP contribution in [-0.2, 0) is 0 Å². The minimum atomic E-state index is -0.150. The minimum absolute atomic E-state index is 0.0467. The van der Waals surface area contributed by atoms with Gasteiger partial charge in [-0.2, -0.15) is 0 Å². The van der Waals surface area contributed by atoms with Crippen molar-refractivity contribution >= 4 is 40.0 Å². The summed E-state index contributed by atoms with van der Waals surface area (Å²) in [6.07, 6.45) is 0. The molecule has 0 atom stereocenters. The van der Waals surface area contributed by atoms with Gasteiger partial charge in [0.05, 0.1) is 28.8 Å². The summed E-state index contributed by atoms with van der Waals surface area (Å²) >= 11 is 7.55. The van der Waals surface area contributed by atoms with E-state index >= 15 is 0 Å². The lowest BCUT2D eigenvalue weighted by atomic mass is 10.1. The van der Waals surface area contributed by atoms with Crippen molar-refractivity contribution < 1.29 is 9.53 Å². The number of ether oxygens (including phenoxy) is 1. The number of para-hydroxylation sites is 1. The number of thioether (sulfide) groups is 1. The van der Waals surface area contributed by atoms with E-state index in [0.29, 0.717) is 44.8 Å². The number of rotatable bonds is 7. The van der Waals surface area contributed by atoms with Crippen LogP contribution in [0.25, 0.3) is 16.6 Å². The molecule has 4 aromatic rings. The topological polar surface area (TPSA) is 61.2 Å². The van der Waals surface area contributed by atoms with E-state index in [2.05, 4.69) is 0 Å². The first-order valence-corrected chi connectivity index (χ1v) is 11.5. The number of benzene rings is 3. The van der Waals surface area contributed by atoms with E-state index in [-0.39, 0.29) is 11.3 Å². The van der Waals surface area contributed by atoms with Crippen molar-refractivity contribution in [2.24, 2.45) is 0 Å². The molecule has 0 amide bonds. The second-order valence-corrected chi connectivity index (χ2v) is 8.78. The Hall–Kier alpha value is -3.09. The van der Waals surface area contributed by atoms with Crippen LogP contribution in [0, 0.1) is 6.92 Å². The molecule has 1 heterocycles. The molecule has 0 spiro atoms. The maximum Gasteiger partial charge on any atom is 0.266 e. The first-order chi connectivity index (χ1) is 15.4. The third-order valence-electron chi connectivity index (χ3n) is 4.90. The van der Waals surface area contributed by atoms with Gasteiger partial charge in [-0.05, 0) is 61.9 Å². The van der Waals surface area contributed by atoms with Crippen molar-refractivity contribution in [3.63, 3.8) is 0 Å². The molecule has 162 valence electrons. The van der Waals surface area contributed by atoms with Gasteiger partial charge in [0.25, 0.3) is 5.56 Å². The molecule has 4 rings (SSSR count).